The first-order chi connectivity index (χ1) is 17.1. The number of rotatable bonds is 8. The Morgan fingerprint density at radius 2 is 1.63 bits per heavy atom. The Bertz CT molecular complexity index is 1000. The average Bonchev–Trinajstić information content (AvgIpc) is 3.38. The van der Waals surface area contributed by atoms with E-state index in [0.29, 0.717) is 48.0 Å². The van der Waals surface area contributed by atoms with Gasteiger partial charge in [0.15, 0.2) is 0 Å². The molecule has 0 bridgehead atoms. The fourth-order valence-electron chi connectivity index (χ4n) is 5.82. The molecule has 3 aliphatic rings. The fourth-order valence-corrected chi connectivity index (χ4v) is 5.82. The van der Waals surface area contributed by atoms with E-state index in [1.807, 2.05) is 36.4 Å². The second kappa shape index (κ2) is 10.6. The number of benzene rings is 2. The summed E-state index contributed by atoms with van der Waals surface area (Å²) >= 11 is 0. The number of methoxy groups -OCH3 is 2. The molecule has 5 unspecified atom stereocenters. The van der Waals surface area contributed by atoms with Gasteiger partial charge in [-0.05, 0) is 74.9 Å². The van der Waals surface area contributed by atoms with Crippen molar-refractivity contribution in [3.05, 3.63) is 47.5 Å². The van der Waals surface area contributed by atoms with Crippen LogP contribution in [0.5, 0.6) is 23.0 Å². The van der Waals surface area contributed by atoms with Crippen LogP contribution in [0.2, 0.25) is 0 Å². The first-order valence-electron chi connectivity index (χ1n) is 12.7. The second-order valence-electron chi connectivity index (χ2n) is 9.86. The van der Waals surface area contributed by atoms with Crippen molar-refractivity contribution in [1.82, 2.24) is 0 Å². The summed E-state index contributed by atoms with van der Waals surface area (Å²) in [4.78, 5) is 0. The highest BCUT2D eigenvalue weighted by Gasteiger charge is 2.47. The van der Waals surface area contributed by atoms with Crippen LogP contribution in [-0.2, 0) is 4.74 Å². The number of ether oxygens (including phenoxy) is 5. The monoisotopic (exact) mass is 484 g/mol. The van der Waals surface area contributed by atoms with Gasteiger partial charge in [0.1, 0.15) is 29.1 Å². The number of aliphatic hydroxyl groups is 2. The highest BCUT2D eigenvalue weighted by molar-refractivity contribution is 5.46. The zero-order valence-electron chi connectivity index (χ0n) is 20.5. The van der Waals surface area contributed by atoms with E-state index in [4.69, 9.17) is 23.7 Å². The van der Waals surface area contributed by atoms with Gasteiger partial charge < -0.3 is 33.9 Å². The van der Waals surface area contributed by atoms with Crippen LogP contribution in [0.25, 0.3) is 0 Å². The number of fused-ring (bicyclic) bond motifs is 2. The van der Waals surface area contributed by atoms with Gasteiger partial charge in [0.05, 0.1) is 32.0 Å². The zero-order valence-corrected chi connectivity index (χ0v) is 20.5. The van der Waals surface area contributed by atoms with E-state index in [2.05, 4.69) is 0 Å². The minimum atomic E-state index is -0.830. The molecule has 2 heterocycles. The number of aliphatic hydroxyl groups excluding tert-OH is 2. The highest BCUT2D eigenvalue weighted by atomic mass is 16.5. The van der Waals surface area contributed by atoms with Crippen molar-refractivity contribution in [3.8, 4) is 23.0 Å². The molecule has 0 radical (unpaired) electrons. The van der Waals surface area contributed by atoms with Gasteiger partial charge in [-0.15, -0.1) is 0 Å². The van der Waals surface area contributed by atoms with Crippen molar-refractivity contribution in [2.24, 2.45) is 11.8 Å². The molecule has 2 N–H and O–H groups in total. The SMILES string of the molecule is COCCCC1Oc2ccc(OC)cc2C(O)C1C1COc2ccc(OC3CCCC3)cc2C1O. The molecule has 0 aromatic heterocycles. The Hall–Kier alpha value is -2.48. The van der Waals surface area contributed by atoms with Crippen molar-refractivity contribution in [2.45, 2.75) is 62.9 Å². The predicted molar refractivity (Wildman–Crippen MR) is 130 cm³/mol. The number of hydrogen-bond acceptors (Lipinski definition) is 7. The van der Waals surface area contributed by atoms with Gasteiger partial charge in [-0.3, -0.25) is 0 Å². The first-order valence-corrected chi connectivity index (χ1v) is 12.7. The molecule has 0 spiro atoms. The normalized spacial score (nSPS) is 27.9. The Balaban J connectivity index is 1.43. The summed E-state index contributed by atoms with van der Waals surface area (Å²) in [5, 5.41) is 23.1. The maximum absolute atomic E-state index is 11.6. The molecular formula is C28H36O7. The zero-order chi connectivity index (χ0) is 24.4. The maximum atomic E-state index is 11.6. The Morgan fingerprint density at radius 3 is 2.40 bits per heavy atom. The largest absolute Gasteiger partial charge is 0.497 e. The van der Waals surface area contributed by atoms with Gasteiger partial charge >= 0.3 is 0 Å². The molecule has 0 amide bonds. The van der Waals surface area contributed by atoms with E-state index >= 15 is 0 Å². The summed E-state index contributed by atoms with van der Waals surface area (Å²) in [6, 6.07) is 11.2. The Kier molecular flexibility index (Phi) is 7.37. The highest BCUT2D eigenvalue weighted by Crippen LogP contribution is 2.50. The van der Waals surface area contributed by atoms with Crippen molar-refractivity contribution in [1.29, 1.82) is 0 Å². The van der Waals surface area contributed by atoms with E-state index in [9.17, 15) is 10.2 Å². The number of hydrogen-bond donors (Lipinski definition) is 2. The van der Waals surface area contributed by atoms with Gasteiger partial charge in [-0.25, -0.2) is 0 Å². The van der Waals surface area contributed by atoms with Gasteiger partial charge in [-0.2, -0.15) is 0 Å². The smallest absolute Gasteiger partial charge is 0.125 e. The minimum Gasteiger partial charge on any atom is -0.497 e. The van der Waals surface area contributed by atoms with Crippen LogP contribution >= 0.6 is 0 Å². The lowest BCUT2D eigenvalue weighted by Crippen LogP contribution is -2.45. The standard InChI is InChI=1S/C28H36O7/c1-31-13-5-8-25-26(28(30)21-14-18(32-2)9-12-24(21)35-25)22-16-33-23-11-10-19(15-20(23)27(22)29)34-17-6-3-4-7-17/h9-12,14-15,17,22,25-30H,3-8,13,16H2,1-2H3. The summed E-state index contributed by atoms with van der Waals surface area (Å²) in [5.41, 5.74) is 1.38. The van der Waals surface area contributed by atoms with Gasteiger partial charge in [0, 0.05) is 36.7 Å². The quantitative estimate of drug-likeness (QED) is 0.530. The van der Waals surface area contributed by atoms with Crippen LogP contribution in [0.4, 0.5) is 0 Å². The molecule has 1 aliphatic carbocycles. The van der Waals surface area contributed by atoms with Crippen LogP contribution in [0.1, 0.15) is 61.9 Å². The van der Waals surface area contributed by atoms with Crippen LogP contribution < -0.4 is 18.9 Å². The molecule has 1 fully saturated rings. The molecule has 5 atom stereocenters. The molecule has 1 saturated carbocycles. The van der Waals surface area contributed by atoms with Crippen molar-refractivity contribution >= 4 is 0 Å². The van der Waals surface area contributed by atoms with E-state index in [0.717, 1.165) is 25.0 Å². The van der Waals surface area contributed by atoms with Crippen molar-refractivity contribution in [2.75, 3.05) is 27.4 Å². The van der Waals surface area contributed by atoms with E-state index < -0.39 is 12.2 Å². The van der Waals surface area contributed by atoms with E-state index in [1.54, 1.807) is 14.2 Å². The van der Waals surface area contributed by atoms with Crippen molar-refractivity contribution < 1.29 is 33.9 Å². The molecule has 2 aliphatic heterocycles. The Labute approximate surface area is 206 Å². The molecule has 7 heteroatoms. The van der Waals surface area contributed by atoms with E-state index in [1.165, 1.54) is 12.8 Å². The molecular weight excluding hydrogens is 448 g/mol. The summed E-state index contributed by atoms with van der Waals surface area (Å²) in [7, 11) is 3.28. The summed E-state index contributed by atoms with van der Waals surface area (Å²) in [6.45, 7) is 0.898. The molecule has 35 heavy (non-hydrogen) atoms. The van der Waals surface area contributed by atoms with Crippen LogP contribution in [0.15, 0.2) is 36.4 Å². The third-order valence-corrected chi connectivity index (χ3v) is 7.68. The lowest BCUT2D eigenvalue weighted by atomic mass is 9.73. The fraction of sp³-hybridized carbons (Fsp3) is 0.571. The molecule has 2 aromatic rings. The van der Waals surface area contributed by atoms with Gasteiger partial charge in [0.2, 0.25) is 0 Å². The van der Waals surface area contributed by atoms with Crippen LogP contribution in [0.3, 0.4) is 0 Å². The molecule has 5 rings (SSSR count). The van der Waals surface area contributed by atoms with Crippen molar-refractivity contribution in [3.63, 3.8) is 0 Å². The first kappa shape index (κ1) is 24.2. The molecule has 0 saturated heterocycles. The lowest BCUT2D eigenvalue weighted by Gasteiger charge is -2.44. The maximum Gasteiger partial charge on any atom is 0.125 e. The molecule has 7 nitrogen and oxygen atoms in total. The Morgan fingerprint density at radius 1 is 0.914 bits per heavy atom. The molecule has 2 aromatic carbocycles. The summed E-state index contributed by atoms with van der Waals surface area (Å²) in [5.74, 6) is 2.00. The lowest BCUT2D eigenvalue weighted by molar-refractivity contribution is -0.0888. The second-order valence-corrected chi connectivity index (χ2v) is 9.86. The minimum absolute atomic E-state index is 0.232. The van der Waals surface area contributed by atoms with E-state index in [-0.39, 0.29) is 24.0 Å². The van der Waals surface area contributed by atoms with Crippen LogP contribution in [0, 0.1) is 11.8 Å². The third kappa shape index (κ3) is 4.95. The third-order valence-electron chi connectivity index (χ3n) is 7.68. The topological polar surface area (TPSA) is 86.6 Å². The molecule has 190 valence electrons. The van der Waals surface area contributed by atoms with Gasteiger partial charge in [0.25, 0.3) is 0 Å². The summed E-state index contributed by atoms with van der Waals surface area (Å²) in [6.07, 6.45) is 4.30. The predicted octanol–water partition coefficient (Wildman–Crippen LogP) is 4.60. The van der Waals surface area contributed by atoms with Crippen LogP contribution in [-0.4, -0.2) is 49.9 Å². The van der Waals surface area contributed by atoms with Gasteiger partial charge in [-0.1, -0.05) is 0 Å². The average molecular weight is 485 g/mol. The summed E-state index contributed by atoms with van der Waals surface area (Å²) < 4.78 is 29.3.